The topological polar surface area (TPSA) is 12.0 Å². The molecule has 1 N–H and O–H groups in total. The van der Waals surface area contributed by atoms with Gasteiger partial charge in [0.2, 0.25) is 0 Å². The predicted octanol–water partition coefficient (Wildman–Crippen LogP) is 5.21. The molecule has 0 spiro atoms. The molecule has 0 saturated heterocycles. The number of hydrogen-bond donors (Lipinski definition) is 1. The predicted molar refractivity (Wildman–Crippen MR) is 86.0 cm³/mol. The second-order valence-electron chi connectivity index (χ2n) is 7.76. The number of halogens is 1. The first-order chi connectivity index (χ1) is 9.34. The first-order valence-corrected chi connectivity index (χ1v) is 8.23. The molecule has 2 bridgehead atoms. The van der Waals surface area contributed by atoms with Crippen LogP contribution in [-0.4, -0.2) is 6.04 Å². The Bertz CT molecular complexity index is 505. The van der Waals surface area contributed by atoms with Gasteiger partial charge in [-0.2, -0.15) is 0 Å². The third-order valence-electron chi connectivity index (χ3n) is 6.06. The largest absolute Gasteiger partial charge is 0.306 e. The molecular weight excluding hydrogens is 266 g/mol. The maximum atomic E-state index is 6.35. The van der Waals surface area contributed by atoms with Crippen molar-refractivity contribution in [3.8, 4) is 0 Å². The van der Waals surface area contributed by atoms with Gasteiger partial charge in [0.05, 0.1) is 0 Å². The normalized spacial score (nSPS) is 36.2. The van der Waals surface area contributed by atoms with E-state index in [1.54, 1.807) is 0 Å². The maximum Gasteiger partial charge on any atom is 0.0453 e. The van der Waals surface area contributed by atoms with Gasteiger partial charge in [0.25, 0.3) is 0 Å². The van der Waals surface area contributed by atoms with Gasteiger partial charge in [-0.1, -0.05) is 50.6 Å². The molecule has 2 saturated carbocycles. The van der Waals surface area contributed by atoms with Crippen molar-refractivity contribution >= 4 is 11.6 Å². The molecule has 0 radical (unpaired) electrons. The van der Waals surface area contributed by atoms with Gasteiger partial charge in [-0.3, -0.25) is 0 Å². The SMILES string of the molecule is CC(NC1C2(C)CCC(C2)C1(C)C)c1ccccc1Cl. The summed E-state index contributed by atoms with van der Waals surface area (Å²) in [6.45, 7) is 9.60. The molecule has 4 atom stereocenters. The molecule has 4 unspecified atom stereocenters. The second-order valence-corrected chi connectivity index (χ2v) is 8.17. The maximum absolute atomic E-state index is 6.35. The lowest BCUT2D eigenvalue weighted by Crippen LogP contribution is -2.51. The smallest absolute Gasteiger partial charge is 0.0453 e. The molecule has 1 aromatic rings. The van der Waals surface area contributed by atoms with E-state index in [0.717, 1.165) is 10.9 Å². The molecule has 3 rings (SSSR count). The standard InChI is InChI=1S/C18H26ClN/c1-12(14-7-5-6-8-15(14)19)20-16-17(2,3)13-9-10-18(16,4)11-13/h5-8,12-13,16,20H,9-11H2,1-4H3. The Kier molecular flexibility index (Phi) is 3.42. The van der Waals surface area contributed by atoms with Crippen LogP contribution in [0.2, 0.25) is 5.02 Å². The minimum absolute atomic E-state index is 0.309. The fourth-order valence-corrected chi connectivity index (χ4v) is 5.18. The van der Waals surface area contributed by atoms with Crippen LogP contribution in [0.1, 0.15) is 58.6 Å². The van der Waals surface area contributed by atoms with Crippen molar-refractivity contribution in [3.05, 3.63) is 34.9 Å². The zero-order valence-corrected chi connectivity index (χ0v) is 13.8. The number of hydrogen-bond acceptors (Lipinski definition) is 1. The molecule has 2 fully saturated rings. The Balaban J connectivity index is 1.83. The third kappa shape index (κ3) is 2.10. The number of fused-ring (bicyclic) bond motifs is 2. The molecule has 1 nitrogen and oxygen atoms in total. The summed E-state index contributed by atoms with van der Waals surface area (Å²) in [4.78, 5) is 0. The van der Waals surface area contributed by atoms with E-state index in [0.29, 0.717) is 22.9 Å². The van der Waals surface area contributed by atoms with E-state index >= 15 is 0 Å². The molecule has 110 valence electrons. The van der Waals surface area contributed by atoms with E-state index in [1.807, 2.05) is 12.1 Å². The molecule has 2 heteroatoms. The third-order valence-corrected chi connectivity index (χ3v) is 6.40. The van der Waals surface area contributed by atoms with E-state index in [2.05, 4.69) is 45.1 Å². The van der Waals surface area contributed by atoms with Crippen molar-refractivity contribution in [1.29, 1.82) is 0 Å². The van der Waals surface area contributed by atoms with Crippen LogP contribution < -0.4 is 5.32 Å². The van der Waals surface area contributed by atoms with E-state index in [9.17, 15) is 0 Å². The zero-order chi connectivity index (χ0) is 14.5. The molecule has 0 heterocycles. The van der Waals surface area contributed by atoms with Gasteiger partial charge in [0.15, 0.2) is 0 Å². The summed E-state index contributed by atoms with van der Waals surface area (Å²) in [5.41, 5.74) is 2.07. The van der Waals surface area contributed by atoms with Crippen molar-refractivity contribution in [3.63, 3.8) is 0 Å². The van der Waals surface area contributed by atoms with Crippen molar-refractivity contribution in [2.24, 2.45) is 16.7 Å². The first-order valence-electron chi connectivity index (χ1n) is 7.85. The Morgan fingerprint density at radius 2 is 1.95 bits per heavy atom. The van der Waals surface area contributed by atoms with Gasteiger partial charge < -0.3 is 5.32 Å². The molecule has 20 heavy (non-hydrogen) atoms. The monoisotopic (exact) mass is 291 g/mol. The lowest BCUT2D eigenvalue weighted by molar-refractivity contribution is 0.100. The highest BCUT2D eigenvalue weighted by molar-refractivity contribution is 6.31. The van der Waals surface area contributed by atoms with Crippen LogP contribution in [-0.2, 0) is 0 Å². The van der Waals surface area contributed by atoms with E-state index in [-0.39, 0.29) is 0 Å². The average molecular weight is 292 g/mol. The van der Waals surface area contributed by atoms with Crippen LogP contribution in [0.15, 0.2) is 24.3 Å². The Morgan fingerprint density at radius 3 is 2.55 bits per heavy atom. The Morgan fingerprint density at radius 1 is 1.25 bits per heavy atom. The minimum Gasteiger partial charge on any atom is -0.306 e. The summed E-state index contributed by atoms with van der Waals surface area (Å²) in [7, 11) is 0. The van der Waals surface area contributed by atoms with Gasteiger partial charge >= 0.3 is 0 Å². The second kappa shape index (κ2) is 4.74. The average Bonchev–Trinajstić information content (AvgIpc) is 2.86. The molecule has 0 aromatic heterocycles. The quantitative estimate of drug-likeness (QED) is 0.806. The highest BCUT2D eigenvalue weighted by Crippen LogP contribution is 2.62. The fourth-order valence-electron chi connectivity index (χ4n) is 4.88. The van der Waals surface area contributed by atoms with Crippen LogP contribution in [0.5, 0.6) is 0 Å². The van der Waals surface area contributed by atoms with Crippen LogP contribution in [0.25, 0.3) is 0 Å². The van der Waals surface area contributed by atoms with Gasteiger partial charge in [-0.05, 0) is 54.6 Å². The van der Waals surface area contributed by atoms with Gasteiger partial charge in [-0.15, -0.1) is 0 Å². The summed E-state index contributed by atoms with van der Waals surface area (Å²) in [6.07, 6.45) is 4.16. The van der Waals surface area contributed by atoms with Crippen LogP contribution in [0.4, 0.5) is 0 Å². The molecular formula is C18H26ClN. The Hall–Kier alpha value is -0.530. The van der Waals surface area contributed by atoms with Crippen molar-refractivity contribution in [2.75, 3.05) is 0 Å². The summed E-state index contributed by atoms with van der Waals surface area (Å²) in [6, 6.07) is 9.10. The van der Waals surface area contributed by atoms with Crippen LogP contribution >= 0.6 is 11.6 Å². The first kappa shape index (κ1) is 14.4. The summed E-state index contributed by atoms with van der Waals surface area (Å²) in [5.74, 6) is 0.878. The Labute approximate surface area is 128 Å². The number of benzene rings is 1. The summed E-state index contributed by atoms with van der Waals surface area (Å²) < 4.78 is 0. The molecule has 0 aliphatic heterocycles. The molecule has 2 aliphatic rings. The lowest BCUT2D eigenvalue weighted by Gasteiger charge is -2.44. The van der Waals surface area contributed by atoms with E-state index in [1.165, 1.54) is 24.8 Å². The van der Waals surface area contributed by atoms with Gasteiger partial charge in [0, 0.05) is 17.1 Å². The molecule has 1 aromatic carbocycles. The summed E-state index contributed by atoms with van der Waals surface area (Å²) >= 11 is 6.35. The number of rotatable bonds is 3. The highest BCUT2D eigenvalue weighted by Gasteiger charge is 2.59. The van der Waals surface area contributed by atoms with Crippen LogP contribution in [0, 0.1) is 16.7 Å². The zero-order valence-electron chi connectivity index (χ0n) is 13.0. The highest BCUT2D eigenvalue weighted by atomic mass is 35.5. The fraction of sp³-hybridized carbons (Fsp3) is 0.667. The minimum atomic E-state index is 0.309. The van der Waals surface area contributed by atoms with Crippen LogP contribution in [0.3, 0.4) is 0 Å². The van der Waals surface area contributed by atoms with E-state index < -0.39 is 0 Å². The van der Waals surface area contributed by atoms with Crippen molar-refractivity contribution in [2.45, 2.75) is 59.0 Å². The van der Waals surface area contributed by atoms with Gasteiger partial charge in [-0.25, -0.2) is 0 Å². The lowest BCUT2D eigenvalue weighted by atomic mass is 9.68. The van der Waals surface area contributed by atoms with E-state index in [4.69, 9.17) is 11.6 Å². The molecule has 2 aliphatic carbocycles. The van der Waals surface area contributed by atoms with Crippen molar-refractivity contribution < 1.29 is 0 Å². The van der Waals surface area contributed by atoms with Crippen molar-refractivity contribution in [1.82, 2.24) is 5.32 Å². The summed E-state index contributed by atoms with van der Waals surface area (Å²) in [5, 5.41) is 4.79. The van der Waals surface area contributed by atoms with Gasteiger partial charge in [0.1, 0.15) is 0 Å². The number of nitrogens with one attached hydrogen (secondary N) is 1. The molecule has 0 amide bonds.